The molecule has 22 heavy (non-hydrogen) atoms. The van der Waals surface area contributed by atoms with E-state index in [0.29, 0.717) is 44.2 Å². The van der Waals surface area contributed by atoms with E-state index in [1.807, 2.05) is 16.0 Å². The highest BCUT2D eigenvalue weighted by molar-refractivity contribution is 6.32. The molecule has 0 spiro atoms. The fraction of sp³-hybridized carbons (Fsp3) is 0.429. The number of piperazine rings is 1. The fourth-order valence-electron chi connectivity index (χ4n) is 2.73. The van der Waals surface area contributed by atoms with Gasteiger partial charge in [-0.05, 0) is 12.1 Å². The lowest BCUT2D eigenvalue weighted by atomic mass is 10.2. The number of rotatable bonds is 3. The van der Waals surface area contributed by atoms with Crippen LogP contribution in [0.25, 0.3) is 0 Å². The van der Waals surface area contributed by atoms with Crippen molar-refractivity contribution in [3.63, 3.8) is 0 Å². The van der Waals surface area contributed by atoms with Gasteiger partial charge < -0.3 is 9.64 Å². The molecule has 3 rings (SSSR count). The van der Waals surface area contributed by atoms with Crippen LogP contribution in [-0.2, 0) is 0 Å². The molecule has 6 nitrogen and oxygen atoms in total. The molecular weight excluding hydrogens is 311 g/mol. The van der Waals surface area contributed by atoms with Gasteiger partial charge in [-0.3, -0.25) is 5.21 Å². The molecule has 2 aliphatic rings. The Morgan fingerprint density at radius 3 is 2.55 bits per heavy atom. The van der Waals surface area contributed by atoms with Gasteiger partial charge in [0.05, 0.1) is 24.4 Å². The summed E-state index contributed by atoms with van der Waals surface area (Å²) in [7, 11) is 1.51. The number of benzene rings is 1. The molecule has 0 amide bonds. The Morgan fingerprint density at radius 1 is 1.23 bits per heavy atom. The van der Waals surface area contributed by atoms with E-state index in [4.69, 9.17) is 16.3 Å². The largest absolute Gasteiger partial charge is 0.495 e. The SMILES string of the molecule is COc1cc(N2CCN(N3CC=CN3O)CC2)c(F)cc1Cl. The van der Waals surface area contributed by atoms with Crippen LogP contribution in [0, 0.1) is 5.82 Å². The Morgan fingerprint density at radius 2 is 1.95 bits per heavy atom. The van der Waals surface area contributed by atoms with Crippen molar-refractivity contribution in [3.05, 3.63) is 35.2 Å². The van der Waals surface area contributed by atoms with E-state index in [1.165, 1.54) is 13.2 Å². The number of methoxy groups -OCH3 is 1. The molecule has 0 radical (unpaired) electrons. The summed E-state index contributed by atoms with van der Waals surface area (Å²) in [4.78, 5) is 1.95. The third-order valence-electron chi connectivity index (χ3n) is 3.89. The predicted molar refractivity (Wildman–Crippen MR) is 81.2 cm³/mol. The zero-order valence-electron chi connectivity index (χ0n) is 12.2. The van der Waals surface area contributed by atoms with Crippen LogP contribution in [0.2, 0.25) is 5.02 Å². The van der Waals surface area contributed by atoms with Gasteiger partial charge in [0.2, 0.25) is 0 Å². The van der Waals surface area contributed by atoms with Crippen LogP contribution in [0.15, 0.2) is 24.4 Å². The summed E-state index contributed by atoms with van der Waals surface area (Å²) >= 11 is 5.93. The van der Waals surface area contributed by atoms with Gasteiger partial charge in [-0.25, -0.2) is 9.40 Å². The molecule has 0 saturated carbocycles. The predicted octanol–water partition coefficient (Wildman–Crippen LogP) is 1.96. The molecule has 120 valence electrons. The Bertz CT molecular complexity index is 578. The van der Waals surface area contributed by atoms with Crippen LogP contribution in [0.4, 0.5) is 10.1 Å². The standard InChI is InChI=1S/C14H18ClFN4O2/c1-22-14-10-13(12(16)9-11(14)15)17-5-7-18(8-6-17)19-3-2-4-20(19)21/h2,4,9-10,21H,3,5-8H2,1H3. The lowest BCUT2D eigenvalue weighted by molar-refractivity contribution is -0.281. The van der Waals surface area contributed by atoms with Gasteiger partial charge >= 0.3 is 0 Å². The van der Waals surface area contributed by atoms with Crippen LogP contribution in [0.5, 0.6) is 5.75 Å². The van der Waals surface area contributed by atoms with Crippen molar-refractivity contribution < 1.29 is 14.3 Å². The first kappa shape index (κ1) is 15.4. The average Bonchev–Trinajstić information content (AvgIpc) is 2.94. The van der Waals surface area contributed by atoms with E-state index < -0.39 is 0 Å². The number of hydroxylamine groups is 1. The molecule has 2 heterocycles. The summed E-state index contributed by atoms with van der Waals surface area (Å²) in [6, 6.07) is 2.91. The fourth-order valence-corrected chi connectivity index (χ4v) is 2.95. The van der Waals surface area contributed by atoms with Gasteiger partial charge in [-0.1, -0.05) is 11.6 Å². The zero-order chi connectivity index (χ0) is 15.7. The molecule has 1 aromatic rings. The van der Waals surface area contributed by atoms with Crippen molar-refractivity contribution in [3.8, 4) is 5.75 Å². The second-order valence-electron chi connectivity index (χ2n) is 5.14. The molecule has 8 heteroatoms. The summed E-state index contributed by atoms with van der Waals surface area (Å²) in [5.41, 5.74) is 0.487. The summed E-state index contributed by atoms with van der Waals surface area (Å²) in [6.07, 6.45) is 3.48. The summed E-state index contributed by atoms with van der Waals surface area (Å²) in [5, 5.41) is 14.8. The number of ether oxygens (including phenoxy) is 1. The van der Waals surface area contributed by atoms with E-state index in [0.717, 1.165) is 5.17 Å². The maximum absolute atomic E-state index is 14.1. The number of hydrogen-bond donors (Lipinski definition) is 1. The second kappa shape index (κ2) is 6.29. The number of halogens is 2. The molecule has 0 unspecified atom stereocenters. The van der Waals surface area contributed by atoms with Gasteiger partial charge in [0.15, 0.2) is 0 Å². The molecule has 1 fully saturated rings. The zero-order valence-corrected chi connectivity index (χ0v) is 13.0. The molecule has 0 aliphatic carbocycles. The van der Waals surface area contributed by atoms with Crippen molar-refractivity contribution in [2.45, 2.75) is 0 Å². The molecule has 1 N–H and O–H groups in total. The minimum Gasteiger partial charge on any atom is -0.495 e. The van der Waals surface area contributed by atoms with Gasteiger partial charge in [0.25, 0.3) is 0 Å². The van der Waals surface area contributed by atoms with E-state index in [9.17, 15) is 9.60 Å². The maximum Gasteiger partial charge on any atom is 0.148 e. The number of anilines is 1. The first-order chi connectivity index (χ1) is 10.6. The van der Waals surface area contributed by atoms with Gasteiger partial charge in [-0.15, -0.1) is 5.12 Å². The lowest BCUT2D eigenvalue weighted by Crippen LogP contribution is -2.56. The summed E-state index contributed by atoms with van der Waals surface area (Å²) < 4.78 is 19.3. The highest BCUT2D eigenvalue weighted by atomic mass is 35.5. The van der Waals surface area contributed by atoms with Crippen molar-refractivity contribution >= 4 is 17.3 Å². The summed E-state index contributed by atoms with van der Waals surface area (Å²) in [5.74, 6) is 0.108. The van der Waals surface area contributed by atoms with Crippen LogP contribution in [0.3, 0.4) is 0 Å². The van der Waals surface area contributed by atoms with Crippen molar-refractivity contribution in [1.29, 1.82) is 0 Å². The third-order valence-corrected chi connectivity index (χ3v) is 4.18. The van der Waals surface area contributed by atoms with E-state index in [1.54, 1.807) is 17.4 Å². The van der Waals surface area contributed by atoms with Gasteiger partial charge in [0.1, 0.15) is 11.6 Å². The molecular formula is C14H18ClFN4O2. The lowest BCUT2D eigenvalue weighted by Gasteiger charge is -2.41. The molecule has 0 aromatic heterocycles. The Labute approximate surface area is 133 Å². The Balaban J connectivity index is 1.69. The topological polar surface area (TPSA) is 42.4 Å². The minimum absolute atomic E-state index is 0.265. The quantitative estimate of drug-likeness (QED) is 0.915. The number of hydrogen-bond acceptors (Lipinski definition) is 6. The second-order valence-corrected chi connectivity index (χ2v) is 5.55. The number of hydrazine groups is 2. The third kappa shape index (κ3) is 2.85. The molecule has 1 aromatic carbocycles. The molecule has 1 saturated heterocycles. The smallest absolute Gasteiger partial charge is 0.148 e. The normalized spacial score (nSPS) is 20.0. The molecule has 0 atom stereocenters. The van der Waals surface area contributed by atoms with Crippen LogP contribution >= 0.6 is 11.6 Å². The Kier molecular flexibility index (Phi) is 4.39. The first-order valence-electron chi connectivity index (χ1n) is 7.05. The van der Waals surface area contributed by atoms with Gasteiger partial charge in [0, 0.05) is 38.4 Å². The minimum atomic E-state index is -0.356. The number of nitrogens with zero attached hydrogens (tertiary/aromatic N) is 4. The van der Waals surface area contributed by atoms with Crippen LogP contribution < -0.4 is 9.64 Å². The van der Waals surface area contributed by atoms with E-state index in [-0.39, 0.29) is 10.8 Å². The monoisotopic (exact) mass is 328 g/mol. The summed E-state index contributed by atoms with van der Waals surface area (Å²) in [6.45, 7) is 3.30. The highest BCUT2D eigenvalue weighted by Gasteiger charge is 2.27. The van der Waals surface area contributed by atoms with Crippen molar-refractivity contribution in [2.75, 3.05) is 44.7 Å². The average molecular weight is 329 g/mol. The van der Waals surface area contributed by atoms with Gasteiger partial charge in [-0.2, -0.15) is 5.17 Å². The van der Waals surface area contributed by atoms with E-state index >= 15 is 0 Å². The van der Waals surface area contributed by atoms with Crippen molar-refractivity contribution in [2.24, 2.45) is 0 Å². The molecule has 0 bridgehead atoms. The van der Waals surface area contributed by atoms with Crippen molar-refractivity contribution in [1.82, 2.24) is 15.3 Å². The van der Waals surface area contributed by atoms with Crippen LogP contribution in [0.1, 0.15) is 0 Å². The van der Waals surface area contributed by atoms with E-state index in [2.05, 4.69) is 0 Å². The maximum atomic E-state index is 14.1. The Hall–Kier alpha value is -1.54. The first-order valence-corrected chi connectivity index (χ1v) is 7.43. The molecule has 2 aliphatic heterocycles. The highest BCUT2D eigenvalue weighted by Crippen LogP contribution is 2.32. The van der Waals surface area contributed by atoms with Crippen LogP contribution in [-0.4, -0.2) is 60.3 Å².